The smallest absolute Gasteiger partial charge is 0.0295 e. The molecule has 0 saturated carbocycles. The van der Waals surface area contributed by atoms with Gasteiger partial charge >= 0.3 is 0 Å². The lowest BCUT2D eigenvalue weighted by atomic mass is 9.98. The SMILES string of the molecule is Cc1ccc(C(N)CCCN2CCNCC2)cc1C. The van der Waals surface area contributed by atoms with E-state index in [1.165, 1.54) is 42.7 Å². The summed E-state index contributed by atoms with van der Waals surface area (Å²) in [5.74, 6) is 0. The first-order valence-electron chi connectivity index (χ1n) is 7.42. The van der Waals surface area contributed by atoms with E-state index < -0.39 is 0 Å². The molecule has 1 unspecified atom stereocenters. The molecule has 0 aliphatic carbocycles. The molecule has 1 saturated heterocycles. The number of aryl methyl sites for hydroxylation is 2. The van der Waals surface area contributed by atoms with Crippen LogP contribution in [0.5, 0.6) is 0 Å². The van der Waals surface area contributed by atoms with Crippen molar-refractivity contribution in [3.05, 3.63) is 34.9 Å². The van der Waals surface area contributed by atoms with Gasteiger partial charge in [-0.2, -0.15) is 0 Å². The van der Waals surface area contributed by atoms with Gasteiger partial charge in [0.25, 0.3) is 0 Å². The Morgan fingerprint density at radius 1 is 1.21 bits per heavy atom. The van der Waals surface area contributed by atoms with Gasteiger partial charge in [-0.1, -0.05) is 18.2 Å². The molecule has 0 amide bonds. The highest BCUT2D eigenvalue weighted by Crippen LogP contribution is 2.19. The van der Waals surface area contributed by atoms with Crippen LogP contribution in [-0.2, 0) is 0 Å². The minimum atomic E-state index is 0.183. The van der Waals surface area contributed by atoms with E-state index in [-0.39, 0.29) is 6.04 Å². The van der Waals surface area contributed by atoms with E-state index in [1.807, 2.05) is 0 Å². The van der Waals surface area contributed by atoms with Gasteiger partial charge in [0.15, 0.2) is 0 Å². The summed E-state index contributed by atoms with van der Waals surface area (Å²) < 4.78 is 0. The Bertz CT molecular complexity index is 397. The molecule has 3 nitrogen and oxygen atoms in total. The summed E-state index contributed by atoms with van der Waals surface area (Å²) in [5, 5.41) is 3.38. The monoisotopic (exact) mass is 261 g/mol. The van der Waals surface area contributed by atoms with Crippen molar-refractivity contribution in [3.63, 3.8) is 0 Å². The number of nitrogens with two attached hydrogens (primary N) is 1. The Kier molecular flexibility index (Phi) is 5.37. The molecule has 0 bridgehead atoms. The lowest BCUT2D eigenvalue weighted by Gasteiger charge is -2.27. The van der Waals surface area contributed by atoms with Crippen LogP contribution in [0, 0.1) is 13.8 Å². The van der Waals surface area contributed by atoms with Crippen LogP contribution in [0.25, 0.3) is 0 Å². The second kappa shape index (κ2) is 7.04. The molecule has 1 atom stereocenters. The van der Waals surface area contributed by atoms with Crippen LogP contribution >= 0.6 is 0 Å². The molecule has 0 radical (unpaired) electrons. The number of nitrogens with one attached hydrogen (secondary N) is 1. The van der Waals surface area contributed by atoms with Crippen molar-refractivity contribution < 1.29 is 0 Å². The zero-order valence-corrected chi connectivity index (χ0v) is 12.3. The quantitative estimate of drug-likeness (QED) is 0.851. The van der Waals surface area contributed by atoms with Crippen molar-refractivity contribution in [3.8, 4) is 0 Å². The van der Waals surface area contributed by atoms with E-state index in [4.69, 9.17) is 5.73 Å². The third-order valence-corrected chi connectivity index (χ3v) is 4.16. The fourth-order valence-corrected chi connectivity index (χ4v) is 2.63. The molecule has 1 aliphatic rings. The molecule has 1 fully saturated rings. The summed E-state index contributed by atoms with van der Waals surface area (Å²) >= 11 is 0. The maximum atomic E-state index is 6.30. The molecule has 1 aliphatic heterocycles. The number of hydrogen-bond acceptors (Lipinski definition) is 3. The third kappa shape index (κ3) is 4.30. The van der Waals surface area contributed by atoms with Gasteiger partial charge in [-0.3, -0.25) is 0 Å². The minimum Gasteiger partial charge on any atom is -0.324 e. The van der Waals surface area contributed by atoms with Crippen molar-refractivity contribution in [2.24, 2.45) is 5.73 Å². The lowest BCUT2D eigenvalue weighted by Crippen LogP contribution is -2.43. The number of nitrogens with zero attached hydrogens (tertiary/aromatic N) is 1. The first kappa shape index (κ1) is 14.5. The maximum Gasteiger partial charge on any atom is 0.0295 e. The summed E-state index contributed by atoms with van der Waals surface area (Å²) in [6, 6.07) is 6.78. The van der Waals surface area contributed by atoms with Gasteiger partial charge in [0.1, 0.15) is 0 Å². The van der Waals surface area contributed by atoms with Crippen molar-refractivity contribution >= 4 is 0 Å². The van der Waals surface area contributed by atoms with E-state index in [0.29, 0.717) is 0 Å². The minimum absolute atomic E-state index is 0.183. The average molecular weight is 261 g/mol. The summed E-state index contributed by atoms with van der Waals surface area (Å²) in [4.78, 5) is 2.53. The lowest BCUT2D eigenvalue weighted by molar-refractivity contribution is 0.235. The fourth-order valence-electron chi connectivity index (χ4n) is 2.63. The van der Waals surface area contributed by atoms with Crippen LogP contribution in [0.15, 0.2) is 18.2 Å². The Balaban J connectivity index is 1.76. The van der Waals surface area contributed by atoms with Crippen LogP contribution in [0.3, 0.4) is 0 Å². The van der Waals surface area contributed by atoms with Crippen molar-refractivity contribution in [1.82, 2.24) is 10.2 Å². The highest BCUT2D eigenvalue weighted by atomic mass is 15.2. The third-order valence-electron chi connectivity index (χ3n) is 4.16. The molecule has 3 heteroatoms. The molecule has 106 valence electrons. The average Bonchev–Trinajstić information content (AvgIpc) is 2.43. The molecule has 1 aromatic rings. The van der Waals surface area contributed by atoms with Crippen LogP contribution in [-0.4, -0.2) is 37.6 Å². The van der Waals surface area contributed by atoms with E-state index in [1.54, 1.807) is 0 Å². The first-order chi connectivity index (χ1) is 9.16. The topological polar surface area (TPSA) is 41.3 Å². The van der Waals surface area contributed by atoms with Crippen molar-refractivity contribution in [2.45, 2.75) is 32.7 Å². The predicted molar refractivity (Wildman–Crippen MR) is 81.4 cm³/mol. The molecule has 2 rings (SSSR count). The second-order valence-electron chi connectivity index (χ2n) is 5.68. The van der Waals surface area contributed by atoms with Crippen LogP contribution in [0.2, 0.25) is 0 Å². The fraction of sp³-hybridized carbons (Fsp3) is 0.625. The molecular weight excluding hydrogens is 234 g/mol. The standard InChI is InChI=1S/C16H27N3/c1-13-5-6-15(12-14(13)2)16(17)4-3-9-19-10-7-18-8-11-19/h5-6,12,16,18H,3-4,7-11,17H2,1-2H3. The zero-order valence-electron chi connectivity index (χ0n) is 12.3. The Hall–Kier alpha value is -0.900. The van der Waals surface area contributed by atoms with Gasteiger partial charge in [0.2, 0.25) is 0 Å². The first-order valence-corrected chi connectivity index (χ1v) is 7.42. The second-order valence-corrected chi connectivity index (χ2v) is 5.68. The highest BCUT2D eigenvalue weighted by Gasteiger charge is 2.11. The Labute approximate surface area is 117 Å². The van der Waals surface area contributed by atoms with Crippen molar-refractivity contribution in [2.75, 3.05) is 32.7 Å². The molecule has 19 heavy (non-hydrogen) atoms. The van der Waals surface area contributed by atoms with Gasteiger partial charge in [-0.15, -0.1) is 0 Å². The summed E-state index contributed by atoms with van der Waals surface area (Å²) in [6.45, 7) is 10.1. The van der Waals surface area contributed by atoms with Gasteiger partial charge < -0.3 is 16.0 Å². The zero-order chi connectivity index (χ0) is 13.7. The summed E-state index contributed by atoms with van der Waals surface area (Å²) in [7, 11) is 0. The van der Waals surface area contributed by atoms with E-state index in [2.05, 4.69) is 42.3 Å². The van der Waals surface area contributed by atoms with Crippen molar-refractivity contribution in [1.29, 1.82) is 0 Å². The largest absolute Gasteiger partial charge is 0.324 e. The molecular formula is C16H27N3. The van der Waals surface area contributed by atoms with Crippen LogP contribution in [0.1, 0.15) is 35.6 Å². The molecule has 1 heterocycles. The van der Waals surface area contributed by atoms with Gasteiger partial charge in [0, 0.05) is 32.2 Å². The number of rotatable bonds is 5. The Morgan fingerprint density at radius 2 is 1.95 bits per heavy atom. The van der Waals surface area contributed by atoms with Crippen LogP contribution < -0.4 is 11.1 Å². The summed E-state index contributed by atoms with van der Waals surface area (Å²) in [6.07, 6.45) is 2.26. The molecule has 0 aromatic heterocycles. The maximum absolute atomic E-state index is 6.30. The van der Waals surface area contributed by atoms with E-state index in [9.17, 15) is 0 Å². The number of hydrogen-bond donors (Lipinski definition) is 2. The molecule has 1 aromatic carbocycles. The molecule has 0 spiro atoms. The number of piperazine rings is 1. The highest BCUT2D eigenvalue weighted by molar-refractivity contribution is 5.31. The van der Waals surface area contributed by atoms with E-state index >= 15 is 0 Å². The summed E-state index contributed by atoms with van der Waals surface area (Å²) in [5.41, 5.74) is 10.3. The normalized spacial score (nSPS) is 18.5. The van der Waals surface area contributed by atoms with Crippen LogP contribution in [0.4, 0.5) is 0 Å². The van der Waals surface area contributed by atoms with Gasteiger partial charge in [-0.05, 0) is 49.9 Å². The van der Waals surface area contributed by atoms with Gasteiger partial charge in [0.05, 0.1) is 0 Å². The Morgan fingerprint density at radius 3 is 2.63 bits per heavy atom. The molecule has 3 N–H and O–H groups in total. The van der Waals surface area contributed by atoms with E-state index in [0.717, 1.165) is 19.5 Å². The van der Waals surface area contributed by atoms with Gasteiger partial charge in [-0.25, -0.2) is 0 Å². The number of benzene rings is 1. The predicted octanol–water partition coefficient (Wildman–Crippen LogP) is 1.99.